The van der Waals surface area contributed by atoms with Crippen LogP contribution in [0.4, 0.5) is 5.69 Å². The van der Waals surface area contributed by atoms with E-state index >= 15 is 0 Å². The first-order chi connectivity index (χ1) is 12.2. The fraction of sp³-hybridized carbons (Fsp3) is 0.294. The lowest BCUT2D eigenvalue weighted by Crippen LogP contribution is -2.05. The Morgan fingerprint density at radius 2 is 2.16 bits per heavy atom. The van der Waals surface area contributed by atoms with Gasteiger partial charge in [0.15, 0.2) is 5.16 Å². The van der Waals surface area contributed by atoms with Crippen LogP contribution in [0, 0.1) is 10.1 Å². The monoisotopic (exact) mass is 356 g/mol. The summed E-state index contributed by atoms with van der Waals surface area (Å²) in [6.07, 6.45) is 3.95. The number of hydrogen-bond donors (Lipinski definition) is 0. The van der Waals surface area contributed by atoms with E-state index in [2.05, 4.69) is 14.8 Å². The van der Waals surface area contributed by atoms with Crippen molar-refractivity contribution in [2.24, 2.45) is 0 Å². The molecule has 0 N–H and O–H groups in total. The Kier molecular flexibility index (Phi) is 4.27. The molecule has 1 aliphatic rings. The molecule has 1 saturated carbocycles. The number of benzene rings is 1. The van der Waals surface area contributed by atoms with Crippen LogP contribution in [0.5, 0.6) is 0 Å². The molecule has 1 aliphatic carbocycles. The highest BCUT2D eigenvalue weighted by Crippen LogP contribution is 2.40. The minimum Gasteiger partial charge on any atom is -0.467 e. The average Bonchev–Trinajstić information content (AvgIpc) is 3.18. The van der Waals surface area contributed by atoms with Crippen molar-refractivity contribution in [1.82, 2.24) is 14.8 Å². The minimum atomic E-state index is -0.376. The lowest BCUT2D eigenvalue weighted by Gasteiger charge is -2.08. The number of nitrogens with zero attached hydrogens (tertiary/aromatic N) is 4. The van der Waals surface area contributed by atoms with Crippen LogP contribution in [0.1, 0.15) is 35.9 Å². The van der Waals surface area contributed by atoms with E-state index in [9.17, 15) is 10.1 Å². The normalized spacial score (nSPS) is 13.9. The van der Waals surface area contributed by atoms with E-state index in [4.69, 9.17) is 4.42 Å². The summed E-state index contributed by atoms with van der Waals surface area (Å²) in [4.78, 5) is 10.5. The van der Waals surface area contributed by atoms with E-state index in [-0.39, 0.29) is 10.6 Å². The third-order valence-electron chi connectivity index (χ3n) is 4.07. The van der Waals surface area contributed by atoms with Crippen molar-refractivity contribution in [3.8, 4) is 0 Å². The van der Waals surface area contributed by atoms with Crippen LogP contribution in [0.25, 0.3) is 0 Å². The van der Waals surface area contributed by atoms with E-state index in [1.54, 1.807) is 18.4 Å². The number of non-ortho nitro benzene ring substituents is 1. The van der Waals surface area contributed by atoms with Gasteiger partial charge in [-0.05, 0) is 30.5 Å². The van der Waals surface area contributed by atoms with Gasteiger partial charge in [0.2, 0.25) is 0 Å². The molecule has 0 radical (unpaired) electrons. The summed E-state index contributed by atoms with van der Waals surface area (Å²) in [5.41, 5.74) is 0.994. The number of thioether (sulfide) groups is 1. The maximum Gasteiger partial charge on any atom is 0.269 e. The van der Waals surface area contributed by atoms with Gasteiger partial charge in [0.1, 0.15) is 11.6 Å². The Balaban J connectivity index is 1.54. The van der Waals surface area contributed by atoms with Crippen molar-refractivity contribution < 1.29 is 9.34 Å². The van der Waals surface area contributed by atoms with Crippen molar-refractivity contribution in [3.63, 3.8) is 0 Å². The SMILES string of the molecule is O=[N+]([O-])c1cccc(CSc2nnc(C3CC3)n2Cc2ccco2)c1. The summed E-state index contributed by atoms with van der Waals surface area (Å²) in [6, 6.07) is 10.5. The van der Waals surface area contributed by atoms with E-state index in [0.29, 0.717) is 18.2 Å². The van der Waals surface area contributed by atoms with E-state index in [1.807, 2.05) is 18.2 Å². The van der Waals surface area contributed by atoms with Gasteiger partial charge in [0.25, 0.3) is 5.69 Å². The smallest absolute Gasteiger partial charge is 0.269 e. The molecule has 0 bridgehead atoms. The average molecular weight is 356 g/mol. The van der Waals surface area contributed by atoms with Gasteiger partial charge in [-0.1, -0.05) is 23.9 Å². The minimum absolute atomic E-state index is 0.105. The standard InChI is InChI=1S/C17H16N4O3S/c22-21(23)14-4-1-3-12(9-14)11-25-17-19-18-16(13-6-7-13)20(17)10-15-5-2-8-24-15/h1-5,8-9,13H,6-7,10-11H2. The number of rotatable bonds is 7. The van der Waals surface area contributed by atoms with Crippen LogP contribution in [-0.4, -0.2) is 19.7 Å². The highest BCUT2D eigenvalue weighted by atomic mass is 32.2. The maximum absolute atomic E-state index is 10.9. The zero-order valence-electron chi connectivity index (χ0n) is 13.4. The van der Waals surface area contributed by atoms with Gasteiger partial charge in [-0.2, -0.15) is 0 Å². The second kappa shape index (κ2) is 6.72. The fourth-order valence-corrected chi connectivity index (χ4v) is 3.55. The first kappa shape index (κ1) is 15.9. The van der Waals surface area contributed by atoms with Crippen LogP contribution in [0.15, 0.2) is 52.2 Å². The second-order valence-corrected chi connectivity index (χ2v) is 6.94. The van der Waals surface area contributed by atoms with E-state index < -0.39 is 0 Å². The summed E-state index contributed by atoms with van der Waals surface area (Å²) in [7, 11) is 0. The topological polar surface area (TPSA) is 87.0 Å². The number of aromatic nitrogens is 3. The highest BCUT2D eigenvalue weighted by molar-refractivity contribution is 7.98. The second-order valence-electron chi connectivity index (χ2n) is 6.00. The Labute approximate surface area is 148 Å². The van der Waals surface area contributed by atoms with Gasteiger partial charge in [-0.15, -0.1) is 10.2 Å². The molecule has 1 fully saturated rings. The third kappa shape index (κ3) is 3.58. The highest BCUT2D eigenvalue weighted by Gasteiger charge is 2.30. The zero-order valence-corrected chi connectivity index (χ0v) is 14.2. The molecular formula is C17H16N4O3S. The predicted molar refractivity (Wildman–Crippen MR) is 92.5 cm³/mol. The van der Waals surface area contributed by atoms with Crippen LogP contribution >= 0.6 is 11.8 Å². The molecule has 128 valence electrons. The van der Waals surface area contributed by atoms with Crippen LogP contribution in [0.2, 0.25) is 0 Å². The molecule has 0 saturated heterocycles. The van der Waals surface area contributed by atoms with Crippen LogP contribution < -0.4 is 0 Å². The molecule has 7 nitrogen and oxygen atoms in total. The molecule has 4 rings (SSSR count). The summed E-state index contributed by atoms with van der Waals surface area (Å²) in [6.45, 7) is 0.600. The van der Waals surface area contributed by atoms with Gasteiger partial charge in [-0.25, -0.2) is 0 Å². The summed E-state index contributed by atoms with van der Waals surface area (Å²) in [5.74, 6) is 2.94. The molecule has 3 aromatic rings. The molecule has 2 aromatic heterocycles. The van der Waals surface area contributed by atoms with Gasteiger partial charge < -0.3 is 4.42 Å². The molecule has 0 unspecified atom stereocenters. The molecule has 0 atom stereocenters. The molecule has 0 aliphatic heterocycles. The fourth-order valence-electron chi connectivity index (χ4n) is 2.67. The molecule has 8 heteroatoms. The third-order valence-corrected chi connectivity index (χ3v) is 5.11. The summed E-state index contributed by atoms with van der Waals surface area (Å²) >= 11 is 1.53. The Morgan fingerprint density at radius 3 is 2.88 bits per heavy atom. The van der Waals surface area contributed by atoms with Crippen LogP contribution in [0.3, 0.4) is 0 Å². The van der Waals surface area contributed by atoms with Gasteiger partial charge >= 0.3 is 0 Å². The molecule has 0 amide bonds. The summed E-state index contributed by atoms with van der Waals surface area (Å²) in [5, 5.41) is 20.4. The van der Waals surface area contributed by atoms with Gasteiger partial charge in [0, 0.05) is 23.8 Å². The van der Waals surface area contributed by atoms with Crippen molar-refractivity contribution >= 4 is 17.4 Å². The first-order valence-corrected chi connectivity index (χ1v) is 9.01. The molecule has 2 heterocycles. The molecule has 1 aromatic carbocycles. The van der Waals surface area contributed by atoms with Crippen molar-refractivity contribution in [2.45, 2.75) is 36.2 Å². The maximum atomic E-state index is 10.9. The number of furan rings is 1. The largest absolute Gasteiger partial charge is 0.467 e. The van der Waals surface area contributed by atoms with Crippen molar-refractivity contribution in [3.05, 3.63) is 69.9 Å². The number of nitro benzene ring substituents is 1. The number of nitro groups is 1. The predicted octanol–water partition coefficient (Wildman–Crippen LogP) is 4.00. The van der Waals surface area contributed by atoms with E-state index in [0.717, 1.165) is 35.1 Å². The Morgan fingerprint density at radius 1 is 1.28 bits per heavy atom. The lowest BCUT2D eigenvalue weighted by atomic mass is 10.2. The quantitative estimate of drug-likeness (QED) is 0.361. The van der Waals surface area contributed by atoms with Crippen molar-refractivity contribution in [1.29, 1.82) is 0 Å². The van der Waals surface area contributed by atoms with Gasteiger partial charge in [0.05, 0.1) is 17.7 Å². The van der Waals surface area contributed by atoms with Crippen molar-refractivity contribution in [2.75, 3.05) is 0 Å². The summed E-state index contributed by atoms with van der Waals surface area (Å²) < 4.78 is 7.56. The molecule has 25 heavy (non-hydrogen) atoms. The Hall–Kier alpha value is -2.61. The molecule has 0 spiro atoms. The number of hydrogen-bond acceptors (Lipinski definition) is 6. The van der Waals surface area contributed by atoms with E-state index in [1.165, 1.54) is 17.8 Å². The van der Waals surface area contributed by atoms with Crippen LogP contribution in [-0.2, 0) is 12.3 Å². The lowest BCUT2D eigenvalue weighted by molar-refractivity contribution is -0.384. The Bertz CT molecular complexity index is 887. The molecular weight excluding hydrogens is 340 g/mol. The van der Waals surface area contributed by atoms with Gasteiger partial charge in [-0.3, -0.25) is 14.7 Å². The first-order valence-electron chi connectivity index (χ1n) is 8.02. The zero-order chi connectivity index (χ0) is 17.2.